The zero-order chi connectivity index (χ0) is 22.1. The summed E-state index contributed by atoms with van der Waals surface area (Å²) in [5.41, 5.74) is 1.81. The smallest absolute Gasteiger partial charge is 0.335 e. The van der Waals surface area contributed by atoms with E-state index in [2.05, 4.69) is 17.2 Å². The molecule has 8 nitrogen and oxygen atoms in total. The molecule has 0 spiro atoms. The maximum atomic E-state index is 11.9. The summed E-state index contributed by atoms with van der Waals surface area (Å²) < 4.78 is 1.97. The summed E-state index contributed by atoms with van der Waals surface area (Å²) in [6.45, 7) is 4.39. The van der Waals surface area contributed by atoms with Crippen molar-refractivity contribution in [1.82, 2.24) is 14.9 Å². The van der Waals surface area contributed by atoms with Gasteiger partial charge in [0.25, 0.3) is 0 Å². The Labute approximate surface area is 175 Å². The monoisotopic (exact) mass is 415 g/mol. The number of unbranched alkanes of at least 4 members (excludes halogenated alkanes) is 1. The predicted octanol–water partition coefficient (Wildman–Crippen LogP) is 2.88. The number of aryl methyl sites for hydroxylation is 1. The third-order valence-corrected chi connectivity index (χ3v) is 4.84. The summed E-state index contributed by atoms with van der Waals surface area (Å²) in [5.74, 6) is -1.52. The van der Waals surface area contributed by atoms with Crippen LogP contribution in [0.25, 0.3) is 0 Å². The van der Waals surface area contributed by atoms with Gasteiger partial charge in [0.2, 0.25) is 5.91 Å². The highest BCUT2D eigenvalue weighted by atomic mass is 16.4. The van der Waals surface area contributed by atoms with Gasteiger partial charge in [-0.2, -0.15) is 0 Å². The molecular formula is C22H29N3O5. The average Bonchev–Trinajstić information content (AvgIpc) is 3.07. The molecule has 1 aromatic heterocycles. The molecule has 1 atom stereocenters. The Morgan fingerprint density at radius 1 is 1.10 bits per heavy atom. The van der Waals surface area contributed by atoms with E-state index in [-0.39, 0.29) is 24.3 Å². The van der Waals surface area contributed by atoms with E-state index >= 15 is 0 Å². The summed E-state index contributed by atoms with van der Waals surface area (Å²) in [5, 5.41) is 21.2. The minimum absolute atomic E-state index is 0.122. The van der Waals surface area contributed by atoms with E-state index in [1.165, 1.54) is 0 Å². The second-order valence-electron chi connectivity index (χ2n) is 7.27. The lowest BCUT2D eigenvalue weighted by Gasteiger charge is -2.17. The third kappa shape index (κ3) is 6.43. The van der Waals surface area contributed by atoms with E-state index in [4.69, 9.17) is 5.11 Å². The number of rotatable bonds is 12. The molecule has 0 aliphatic carbocycles. The molecule has 30 heavy (non-hydrogen) atoms. The second-order valence-corrected chi connectivity index (χ2v) is 7.27. The molecule has 0 saturated heterocycles. The summed E-state index contributed by atoms with van der Waals surface area (Å²) in [7, 11) is 0. The number of benzene rings is 1. The Morgan fingerprint density at radius 3 is 2.37 bits per heavy atom. The van der Waals surface area contributed by atoms with E-state index < -0.39 is 18.0 Å². The Morgan fingerprint density at radius 2 is 1.80 bits per heavy atom. The quantitative estimate of drug-likeness (QED) is 0.490. The van der Waals surface area contributed by atoms with Crippen molar-refractivity contribution in [3.8, 4) is 0 Å². The lowest BCUT2D eigenvalue weighted by atomic mass is 10.1. The molecule has 1 amide bonds. The van der Waals surface area contributed by atoms with Gasteiger partial charge in [-0.15, -0.1) is 0 Å². The molecule has 1 heterocycles. The largest absolute Gasteiger partial charge is 0.480 e. The first-order chi connectivity index (χ1) is 14.3. The van der Waals surface area contributed by atoms with Crippen LogP contribution in [0.15, 0.2) is 30.5 Å². The van der Waals surface area contributed by atoms with Crippen molar-refractivity contribution in [2.75, 3.05) is 0 Å². The lowest BCUT2D eigenvalue weighted by Crippen LogP contribution is -2.42. The maximum Gasteiger partial charge on any atom is 0.335 e. The standard InChI is InChI=1S/C22H29N3O5/c1-3-5-7-19-23-13-17(12-18(22(29)30)24-20(26)6-4-2)25(19)14-15-8-10-16(11-9-15)21(27)28/h8-11,13,18H,3-7,12,14H2,1-2H3,(H,24,26)(H,27,28)(H,29,30)/t18-/m0/s1. The van der Waals surface area contributed by atoms with Crippen molar-refractivity contribution < 1.29 is 24.6 Å². The highest BCUT2D eigenvalue weighted by Crippen LogP contribution is 2.15. The van der Waals surface area contributed by atoms with Gasteiger partial charge in [0.05, 0.1) is 5.56 Å². The number of amides is 1. The van der Waals surface area contributed by atoms with Gasteiger partial charge in [-0.3, -0.25) is 4.79 Å². The molecule has 8 heteroatoms. The fraction of sp³-hybridized carbons (Fsp3) is 0.455. The van der Waals surface area contributed by atoms with E-state index in [1.807, 2.05) is 11.5 Å². The third-order valence-electron chi connectivity index (χ3n) is 4.84. The van der Waals surface area contributed by atoms with Crippen molar-refractivity contribution in [1.29, 1.82) is 0 Å². The minimum Gasteiger partial charge on any atom is -0.480 e. The fourth-order valence-electron chi connectivity index (χ4n) is 3.18. The molecule has 2 rings (SSSR count). The molecule has 3 N–H and O–H groups in total. The van der Waals surface area contributed by atoms with Crippen LogP contribution in [0.5, 0.6) is 0 Å². The SMILES string of the molecule is CCCCc1ncc(C[C@H](NC(=O)CCC)C(=O)O)n1Cc1ccc(C(=O)O)cc1. The summed E-state index contributed by atoms with van der Waals surface area (Å²) in [4.78, 5) is 39.2. The number of hydrogen-bond donors (Lipinski definition) is 3. The van der Waals surface area contributed by atoms with Gasteiger partial charge in [0.15, 0.2) is 0 Å². The molecular weight excluding hydrogens is 386 g/mol. The van der Waals surface area contributed by atoms with Crippen molar-refractivity contribution >= 4 is 17.8 Å². The van der Waals surface area contributed by atoms with Gasteiger partial charge >= 0.3 is 11.9 Å². The zero-order valence-electron chi connectivity index (χ0n) is 17.4. The van der Waals surface area contributed by atoms with Crippen LogP contribution in [0.1, 0.15) is 67.0 Å². The van der Waals surface area contributed by atoms with E-state index in [0.29, 0.717) is 18.7 Å². The number of carbonyl (C=O) groups is 3. The number of aromatic carboxylic acids is 1. The van der Waals surface area contributed by atoms with Crippen LogP contribution in [0.3, 0.4) is 0 Å². The number of nitrogens with one attached hydrogen (secondary N) is 1. The van der Waals surface area contributed by atoms with Gasteiger partial charge in [0, 0.05) is 37.7 Å². The van der Waals surface area contributed by atoms with Crippen LogP contribution in [-0.2, 0) is 29.0 Å². The molecule has 162 valence electrons. The highest BCUT2D eigenvalue weighted by molar-refractivity contribution is 5.87. The van der Waals surface area contributed by atoms with Gasteiger partial charge < -0.3 is 20.1 Å². The van der Waals surface area contributed by atoms with Crippen LogP contribution >= 0.6 is 0 Å². The van der Waals surface area contributed by atoms with E-state index in [1.54, 1.807) is 30.5 Å². The Bertz CT molecular complexity index is 873. The lowest BCUT2D eigenvalue weighted by molar-refractivity contribution is -0.141. The van der Waals surface area contributed by atoms with Gasteiger partial charge in [0.1, 0.15) is 11.9 Å². The van der Waals surface area contributed by atoms with E-state index in [9.17, 15) is 19.5 Å². The first kappa shape index (κ1) is 23.1. The number of carboxylic acid groups (broad SMARTS) is 2. The van der Waals surface area contributed by atoms with Crippen molar-refractivity contribution in [2.24, 2.45) is 0 Å². The summed E-state index contributed by atoms with van der Waals surface area (Å²) in [6.07, 6.45) is 5.41. The fourth-order valence-corrected chi connectivity index (χ4v) is 3.18. The number of hydrogen-bond acceptors (Lipinski definition) is 4. The maximum absolute atomic E-state index is 11.9. The van der Waals surface area contributed by atoms with E-state index in [0.717, 1.165) is 30.7 Å². The van der Waals surface area contributed by atoms with Gasteiger partial charge in [-0.1, -0.05) is 32.4 Å². The molecule has 0 aliphatic heterocycles. The first-order valence-electron chi connectivity index (χ1n) is 10.2. The number of carbonyl (C=O) groups excluding carboxylic acids is 1. The van der Waals surface area contributed by atoms with Crippen molar-refractivity contribution in [3.05, 3.63) is 53.1 Å². The van der Waals surface area contributed by atoms with Crippen molar-refractivity contribution in [3.63, 3.8) is 0 Å². The van der Waals surface area contributed by atoms with Crippen LogP contribution in [0, 0.1) is 0 Å². The number of nitrogens with zero attached hydrogens (tertiary/aromatic N) is 2. The zero-order valence-corrected chi connectivity index (χ0v) is 17.4. The predicted molar refractivity (Wildman–Crippen MR) is 112 cm³/mol. The molecule has 1 aromatic carbocycles. The normalized spacial score (nSPS) is 11.8. The number of aliphatic carboxylic acids is 1. The number of aromatic nitrogens is 2. The molecule has 2 aromatic rings. The molecule has 0 bridgehead atoms. The van der Waals surface area contributed by atoms with Crippen LogP contribution in [0.4, 0.5) is 0 Å². The highest BCUT2D eigenvalue weighted by Gasteiger charge is 2.23. The molecule has 0 saturated carbocycles. The Kier molecular flexibility index (Phi) is 8.58. The van der Waals surface area contributed by atoms with Crippen LogP contribution < -0.4 is 5.32 Å². The molecule has 0 fully saturated rings. The molecule has 0 aliphatic rings. The average molecular weight is 415 g/mol. The molecule has 0 radical (unpaired) electrons. The summed E-state index contributed by atoms with van der Waals surface area (Å²) in [6, 6.07) is 5.55. The van der Waals surface area contributed by atoms with Gasteiger partial charge in [-0.05, 0) is 30.5 Å². The number of imidazole rings is 1. The summed E-state index contributed by atoms with van der Waals surface area (Å²) >= 11 is 0. The Hall–Kier alpha value is -3.16. The second kappa shape index (κ2) is 11.1. The molecule has 0 unspecified atom stereocenters. The van der Waals surface area contributed by atoms with Crippen LogP contribution in [-0.4, -0.2) is 43.7 Å². The first-order valence-corrected chi connectivity index (χ1v) is 10.2. The van der Waals surface area contributed by atoms with Crippen molar-refractivity contribution in [2.45, 2.75) is 65.0 Å². The minimum atomic E-state index is -1.09. The Balaban J connectivity index is 2.27. The van der Waals surface area contributed by atoms with Crippen LogP contribution in [0.2, 0.25) is 0 Å². The topological polar surface area (TPSA) is 122 Å². The van der Waals surface area contributed by atoms with Gasteiger partial charge in [-0.25, -0.2) is 14.6 Å². The number of carboxylic acids is 2.